The molecule has 1 rings (SSSR count). The molecule has 1 saturated heterocycles. The second kappa shape index (κ2) is 4.59. The molecule has 0 radical (unpaired) electrons. The van der Waals surface area contributed by atoms with Gasteiger partial charge in [-0.2, -0.15) is 4.31 Å². The van der Waals surface area contributed by atoms with E-state index in [-0.39, 0.29) is 0 Å². The monoisotopic (exact) mass is 220 g/mol. The van der Waals surface area contributed by atoms with Gasteiger partial charge in [-0.3, -0.25) is 4.90 Å². The Hall–Kier alpha value is -0.130. The van der Waals surface area contributed by atoms with Crippen LogP contribution in [0.15, 0.2) is 0 Å². The van der Waals surface area contributed by atoms with Gasteiger partial charge in [-0.05, 0) is 13.3 Å². The van der Waals surface area contributed by atoms with Gasteiger partial charge < -0.3 is 0 Å². The fourth-order valence-electron chi connectivity index (χ4n) is 1.73. The molecule has 0 aliphatic carbocycles. The van der Waals surface area contributed by atoms with Gasteiger partial charge in [-0.15, -0.1) is 0 Å². The fourth-order valence-corrected chi connectivity index (χ4v) is 2.56. The second-order valence-electron chi connectivity index (χ2n) is 3.96. The summed E-state index contributed by atoms with van der Waals surface area (Å²) in [7, 11) is -2.98. The minimum atomic E-state index is -2.98. The first-order chi connectivity index (χ1) is 6.45. The Bertz CT molecular complexity index is 269. The Balaban J connectivity index is 2.47. The maximum absolute atomic E-state index is 11.2. The predicted molar refractivity (Wildman–Crippen MR) is 57.7 cm³/mol. The van der Waals surface area contributed by atoms with Crippen molar-refractivity contribution in [3.8, 4) is 0 Å². The molecule has 4 nitrogen and oxygen atoms in total. The van der Waals surface area contributed by atoms with E-state index in [0.29, 0.717) is 19.1 Å². The average Bonchev–Trinajstić information content (AvgIpc) is 2.15. The van der Waals surface area contributed by atoms with Crippen LogP contribution < -0.4 is 0 Å². The summed E-state index contributed by atoms with van der Waals surface area (Å²) in [5, 5.41) is 0. The summed E-state index contributed by atoms with van der Waals surface area (Å²) in [5.41, 5.74) is 0. The quantitative estimate of drug-likeness (QED) is 0.689. The molecule has 0 saturated carbocycles. The van der Waals surface area contributed by atoms with Gasteiger partial charge in [-0.25, -0.2) is 8.42 Å². The third-order valence-corrected chi connectivity index (χ3v) is 4.26. The predicted octanol–water partition coefficient (Wildman–Crippen LogP) is 0.362. The van der Waals surface area contributed by atoms with Gasteiger partial charge in [0.1, 0.15) is 0 Å². The highest BCUT2D eigenvalue weighted by Gasteiger charge is 2.24. The van der Waals surface area contributed by atoms with E-state index >= 15 is 0 Å². The van der Waals surface area contributed by atoms with Crippen LogP contribution in [0.4, 0.5) is 0 Å². The lowest BCUT2D eigenvalue weighted by atomic mass is 10.2. The zero-order chi connectivity index (χ0) is 10.8. The van der Waals surface area contributed by atoms with Crippen molar-refractivity contribution in [2.24, 2.45) is 0 Å². The second-order valence-corrected chi connectivity index (χ2v) is 5.94. The molecule has 0 amide bonds. The first-order valence-electron chi connectivity index (χ1n) is 5.14. The molecule has 1 fully saturated rings. The van der Waals surface area contributed by atoms with E-state index in [0.717, 1.165) is 19.5 Å². The minimum Gasteiger partial charge on any atom is -0.298 e. The molecule has 0 aromatic carbocycles. The van der Waals surface area contributed by atoms with Gasteiger partial charge in [0.05, 0.1) is 6.26 Å². The van der Waals surface area contributed by atoms with Crippen LogP contribution >= 0.6 is 0 Å². The van der Waals surface area contributed by atoms with Crippen molar-refractivity contribution in [1.82, 2.24) is 9.21 Å². The topological polar surface area (TPSA) is 40.6 Å². The smallest absolute Gasteiger partial charge is 0.211 e. The minimum absolute atomic E-state index is 0.566. The van der Waals surface area contributed by atoms with E-state index in [1.165, 1.54) is 6.26 Å². The van der Waals surface area contributed by atoms with Crippen molar-refractivity contribution in [3.05, 3.63) is 0 Å². The van der Waals surface area contributed by atoms with Crippen LogP contribution in [0, 0.1) is 0 Å². The maximum atomic E-state index is 11.2. The SMILES string of the molecule is CC[C@@H](C)N1CCN(S(C)(=O)=O)CC1. The van der Waals surface area contributed by atoms with Crippen LogP contribution in [0.25, 0.3) is 0 Å². The number of piperazine rings is 1. The standard InChI is InChI=1S/C9H20N2O2S/c1-4-9(2)10-5-7-11(8-6-10)14(3,12)13/h9H,4-8H2,1-3H3/t9-/m1/s1. The van der Waals surface area contributed by atoms with E-state index in [9.17, 15) is 8.42 Å². The molecule has 14 heavy (non-hydrogen) atoms. The first-order valence-corrected chi connectivity index (χ1v) is 6.99. The number of rotatable bonds is 3. The molecular formula is C9H20N2O2S. The number of hydrogen-bond donors (Lipinski definition) is 0. The van der Waals surface area contributed by atoms with Gasteiger partial charge in [-0.1, -0.05) is 6.92 Å². The Labute approximate surface area is 86.9 Å². The lowest BCUT2D eigenvalue weighted by Crippen LogP contribution is -2.50. The third-order valence-electron chi connectivity index (χ3n) is 2.96. The van der Waals surface area contributed by atoms with Gasteiger partial charge in [0.15, 0.2) is 0 Å². The maximum Gasteiger partial charge on any atom is 0.211 e. The Kier molecular flexibility index (Phi) is 3.92. The lowest BCUT2D eigenvalue weighted by Gasteiger charge is -2.36. The molecule has 1 atom stereocenters. The highest BCUT2D eigenvalue weighted by Crippen LogP contribution is 2.10. The summed E-state index contributed by atoms with van der Waals surface area (Å²) in [6.45, 7) is 7.36. The molecule has 0 bridgehead atoms. The number of nitrogens with zero attached hydrogens (tertiary/aromatic N) is 2. The number of hydrogen-bond acceptors (Lipinski definition) is 3. The molecule has 0 aromatic rings. The molecule has 0 unspecified atom stereocenters. The molecule has 5 heteroatoms. The fraction of sp³-hybridized carbons (Fsp3) is 1.00. The van der Waals surface area contributed by atoms with Crippen molar-refractivity contribution in [3.63, 3.8) is 0 Å². The summed E-state index contributed by atoms with van der Waals surface area (Å²) >= 11 is 0. The Morgan fingerprint density at radius 2 is 1.71 bits per heavy atom. The summed E-state index contributed by atoms with van der Waals surface area (Å²) < 4.78 is 24.0. The van der Waals surface area contributed by atoms with Crippen LogP contribution in [-0.2, 0) is 10.0 Å². The Morgan fingerprint density at radius 3 is 2.07 bits per heavy atom. The molecule has 1 aliphatic rings. The first kappa shape index (κ1) is 11.9. The molecule has 0 N–H and O–H groups in total. The van der Waals surface area contributed by atoms with Crippen molar-refractivity contribution >= 4 is 10.0 Å². The van der Waals surface area contributed by atoms with Crippen LogP contribution in [0.2, 0.25) is 0 Å². The zero-order valence-corrected chi connectivity index (χ0v) is 10.0. The normalized spacial score (nSPS) is 23.6. The highest BCUT2D eigenvalue weighted by atomic mass is 32.2. The number of sulfonamides is 1. The van der Waals surface area contributed by atoms with E-state index in [1.54, 1.807) is 4.31 Å². The largest absolute Gasteiger partial charge is 0.298 e. The molecular weight excluding hydrogens is 200 g/mol. The van der Waals surface area contributed by atoms with Gasteiger partial charge >= 0.3 is 0 Å². The van der Waals surface area contributed by atoms with Crippen molar-refractivity contribution < 1.29 is 8.42 Å². The summed E-state index contributed by atoms with van der Waals surface area (Å²) in [4.78, 5) is 2.35. The van der Waals surface area contributed by atoms with E-state index < -0.39 is 10.0 Å². The molecule has 0 spiro atoms. The summed E-state index contributed by atoms with van der Waals surface area (Å²) in [6.07, 6.45) is 2.41. The molecule has 84 valence electrons. The molecule has 1 aliphatic heterocycles. The Morgan fingerprint density at radius 1 is 1.21 bits per heavy atom. The van der Waals surface area contributed by atoms with Gasteiger partial charge in [0.2, 0.25) is 10.0 Å². The van der Waals surface area contributed by atoms with E-state index in [2.05, 4.69) is 18.7 Å². The van der Waals surface area contributed by atoms with Crippen LogP contribution in [0.1, 0.15) is 20.3 Å². The molecule has 1 heterocycles. The summed E-state index contributed by atoms with van der Waals surface area (Å²) in [6, 6.07) is 0.566. The van der Waals surface area contributed by atoms with Crippen molar-refractivity contribution in [2.75, 3.05) is 32.4 Å². The summed E-state index contributed by atoms with van der Waals surface area (Å²) in [5.74, 6) is 0. The van der Waals surface area contributed by atoms with Crippen molar-refractivity contribution in [2.45, 2.75) is 26.3 Å². The van der Waals surface area contributed by atoms with Gasteiger partial charge in [0, 0.05) is 32.2 Å². The molecule has 0 aromatic heterocycles. The van der Waals surface area contributed by atoms with Crippen molar-refractivity contribution in [1.29, 1.82) is 0 Å². The van der Waals surface area contributed by atoms with Crippen LogP contribution in [-0.4, -0.2) is 56.1 Å². The average molecular weight is 220 g/mol. The third kappa shape index (κ3) is 2.93. The van der Waals surface area contributed by atoms with E-state index in [1.807, 2.05) is 0 Å². The van der Waals surface area contributed by atoms with Crippen LogP contribution in [0.5, 0.6) is 0 Å². The van der Waals surface area contributed by atoms with Crippen LogP contribution in [0.3, 0.4) is 0 Å². The lowest BCUT2D eigenvalue weighted by molar-refractivity contribution is 0.143. The highest BCUT2D eigenvalue weighted by molar-refractivity contribution is 7.88. The zero-order valence-electron chi connectivity index (χ0n) is 9.23. The van der Waals surface area contributed by atoms with E-state index in [4.69, 9.17) is 0 Å². The van der Waals surface area contributed by atoms with Gasteiger partial charge in [0.25, 0.3) is 0 Å².